The molecule has 0 aromatic heterocycles. The monoisotopic (exact) mass is 602 g/mol. The highest BCUT2D eigenvalue weighted by atomic mass is 16.6. The van der Waals surface area contributed by atoms with Crippen LogP contribution in [0.2, 0.25) is 0 Å². The molecule has 0 aromatic rings. The predicted molar refractivity (Wildman–Crippen MR) is 179 cm³/mol. The number of rotatable bonds is 28. The van der Waals surface area contributed by atoms with E-state index in [4.69, 9.17) is 9.47 Å². The van der Waals surface area contributed by atoms with E-state index in [1.165, 1.54) is 38.5 Å². The second-order valence-corrected chi connectivity index (χ2v) is 11.5. The Morgan fingerprint density at radius 3 is 1.84 bits per heavy atom. The maximum atomic E-state index is 12.1. The number of carbonyl (C=O) groups is 2. The van der Waals surface area contributed by atoms with Crippen molar-refractivity contribution in [1.82, 2.24) is 0 Å². The van der Waals surface area contributed by atoms with Crippen molar-refractivity contribution in [3.63, 3.8) is 0 Å². The number of ether oxygens (including phenoxy) is 2. The smallest absolute Gasteiger partial charge is 0.306 e. The quantitative estimate of drug-likeness (QED) is 0.0402. The zero-order valence-electron chi connectivity index (χ0n) is 27.5. The Balaban J connectivity index is 3.85. The zero-order valence-corrected chi connectivity index (χ0v) is 27.5. The zero-order chi connectivity index (χ0) is 31.8. The van der Waals surface area contributed by atoms with Crippen LogP contribution in [0.25, 0.3) is 0 Å². The minimum atomic E-state index is -0.845. The standard InChI is InChI=1S/C37H62O6/c1-4-5-6-7-8-9-10-11-12-13-17-20-23-27-34(39)28-25-30-36(40)42-32-35(31-38)43-37(41)29-24-21-18-15-14-16-19-22-26-33(2)3/h5-6,8-9,11-12,17,20,23,27,33-35,38-39H,4,7,10,13-16,18-19,21-22,24-26,28-32H2,1-3H3/b6-5-,9-8-,12-11-,20-17-,27-23+/t34?,35-/m0/s1. The van der Waals surface area contributed by atoms with E-state index in [0.717, 1.165) is 50.9 Å². The van der Waals surface area contributed by atoms with Crippen LogP contribution in [-0.2, 0) is 19.1 Å². The topological polar surface area (TPSA) is 93.1 Å². The third kappa shape index (κ3) is 30.8. The maximum Gasteiger partial charge on any atom is 0.306 e. The van der Waals surface area contributed by atoms with Gasteiger partial charge in [-0.15, -0.1) is 0 Å². The molecule has 2 atom stereocenters. The van der Waals surface area contributed by atoms with E-state index in [2.05, 4.69) is 57.2 Å². The van der Waals surface area contributed by atoms with E-state index in [-0.39, 0.29) is 19.0 Å². The van der Waals surface area contributed by atoms with E-state index >= 15 is 0 Å². The average Bonchev–Trinajstić information content (AvgIpc) is 2.98. The van der Waals surface area contributed by atoms with Crippen LogP contribution >= 0.6 is 0 Å². The number of esters is 2. The molecule has 6 nitrogen and oxygen atoms in total. The molecule has 0 fully saturated rings. The van der Waals surface area contributed by atoms with Crippen molar-refractivity contribution in [2.24, 2.45) is 5.92 Å². The normalized spacial score (nSPS) is 13.8. The van der Waals surface area contributed by atoms with E-state index < -0.39 is 24.8 Å². The molecule has 0 saturated carbocycles. The van der Waals surface area contributed by atoms with Gasteiger partial charge in [-0.25, -0.2) is 0 Å². The first kappa shape index (κ1) is 40.6. The molecule has 0 aliphatic rings. The molecule has 0 aromatic carbocycles. The van der Waals surface area contributed by atoms with Gasteiger partial charge in [0.15, 0.2) is 6.10 Å². The fourth-order valence-corrected chi connectivity index (χ4v) is 4.29. The number of aliphatic hydroxyl groups is 2. The van der Waals surface area contributed by atoms with Crippen molar-refractivity contribution in [3.05, 3.63) is 60.8 Å². The second-order valence-electron chi connectivity index (χ2n) is 11.5. The summed E-state index contributed by atoms with van der Waals surface area (Å²) in [5.74, 6) is -0.0149. The van der Waals surface area contributed by atoms with Crippen molar-refractivity contribution >= 4 is 11.9 Å². The van der Waals surface area contributed by atoms with Crippen LogP contribution in [0, 0.1) is 5.92 Å². The van der Waals surface area contributed by atoms with Crippen molar-refractivity contribution < 1.29 is 29.3 Å². The number of carbonyl (C=O) groups excluding carboxylic acids is 2. The van der Waals surface area contributed by atoms with Crippen molar-refractivity contribution in [2.45, 2.75) is 142 Å². The minimum absolute atomic E-state index is 0.151. The van der Waals surface area contributed by atoms with Gasteiger partial charge in [-0.1, -0.05) is 133 Å². The Hall–Kier alpha value is -2.44. The molecule has 0 amide bonds. The van der Waals surface area contributed by atoms with E-state index in [9.17, 15) is 19.8 Å². The molecule has 43 heavy (non-hydrogen) atoms. The molecular weight excluding hydrogens is 540 g/mol. The van der Waals surface area contributed by atoms with Crippen LogP contribution in [0.3, 0.4) is 0 Å². The summed E-state index contributed by atoms with van der Waals surface area (Å²) in [5.41, 5.74) is 0. The maximum absolute atomic E-state index is 12.1. The predicted octanol–water partition coefficient (Wildman–Crippen LogP) is 8.88. The summed E-state index contributed by atoms with van der Waals surface area (Å²) >= 11 is 0. The minimum Gasteiger partial charge on any atom is -0.462 e. The fraction of sp³-hybridized carbons (Fsp3) is 0.676. The average molecular weight is 603 g/mol. The van der Waals surface area contributed by atoms with Crippen molar-refractivity contribution in [1.29, 1.82) is 0 Å². The molecule has 0 saturated heterocycles. The highest BCUT2D eigenvalue weighted by Gasteiger charge is 2.16. The Morgan fingerprint density at radius 1 is 0.674 bits per heavy atom. The van der Waals surface area contributed by atoms with Crippen LogP contribution in [0.15, 0.2) is 60.8 Å². The molecule has 6 heteroatoms. The molecule has 0 radical (unpaired) electrons. The Labute approximate surface area is 263 Å². The lowest BCUT2D eigenvalue weighted by molar-refractivity contribution is -0.161. The molecule has 2 N–H and O–H groups in total. The summed E-state index contributed by atoms with van der Waals surface area (Å²) < 4.78 is 10.4. The Morgan fingerprint density at radius 2 is 1.23 bits per heavy atom. The van der Waals surface area contributed by atoms with Gasteiger partial charge in [0.05, 0.1) is 12.7 Å². The number of aliphatic hydroxyl groups excluding tert-OH is 2. The highest BCUT2D eigenvalue weighted by Crippen LogP contribution is 2.13. The van der Waals surface area contributed by atoms with Gasteiger partial charge in [0, 0.05) is 12.8 Å². The Bertz CT molecular complexity index is 808. The van der Waals surface area contributed by atoms with Gasteiger partial charge >= 0.3 is 11.9 Å². The highest BCUT2D eigenvalue weighted by molar-refractivity contribution is 5.70. The number of hydrogen-bond acceptors (Lipinski definition) is 6. The fourth-order valence-electron chi connectivity index (χ4n) is 4.29. The SMILES string of the molecule is CC/C=C\C/C=C\C/C=C\C/C=C\C=C\C(O)CCCC(=O)OC[C@H](CO)OC(=O)CCCCCCCCCCC(C)C. The summed E-state index contributed by atoms with van der Waals surface area (Å²) in [6.45, 7) is 6.11. The summed E-state index contributed by atoms with van der Waals surface area (Å²) in [6, 6.07) is 0. The van der Waals surface area contributed by atoms with Gasteiger partial charge in [0.1, 0.15) is 6.61 Å². The number of allylic oxidation sites excluding steroid dienone is 9. The molecule has 0 bridgehead atoms. The Kier molecular flexibility index (Phi) is 29.2. The lowest BCUT2D eigenvalue weighted by Gasteiger charge is -2.16. The third-order valence-electron chi connectivity index (χ3n) is 6.86. The summed E-state index contributed by atoms with van der Waals surface area (Å²) in [4.78, 5) is 24.1. The molecule has 0 heterocycles. The molecule has 0 aliphatic heterocycles. The van der Waals surface area contributed by atoms with Gasteiger partial charge in [0.2, 0.25) is 0 Å². The van der Waals surface area contributed by atoms with Crippen molar-refractivity contribution in [2.75, 3.05) is 13.2 Å². The number of hydrogen-bond donors (Lipinski definition) is 2. The largest absolute Gasteiger partial charge is 0.462 e. The lowest BCUT2D eigenvalue weighted by Crippen LogP contribution is -2.28. The second kappa shape index (κ2) is 31.0. The molecule has 246 valence electrons. The summed E-state index contributed by atoms with van der Waals surface area (Å²) in [5, 5.41) is 19.6. The molecule has 0 aliphatic carbocycles. The first-order chi connectivity index (χ1) is 20.9. The van der Waals surface area contributed by atoms with E-state index in [1.807, 2.05) is 18.2 Å². The van der Waals surface area contributed by atoms with Crippen LogP contribution in [-0.4, -0.2) is 47.6 Å². The molecule has 0 rings (SSSR count). The third-order valence-corrected chi connectivity index (χ3v) is 6.86. The molecular formula is C37H62O6. The molecule has 1 unspecified atom stereocenters. The number of unbranched alkanes of at least 4 members (excludes halogenated alkanes) is 7. The van der Waals surface area contributed by atoms with Crippen LogP contribution in [0.1, 0.15) is 130 Å². The summed E-state index contributed by atoms with van der Waals surface area (Å²) in [6.07, 6.45) is 34.6. The van der Waals surface area contributed by atoms with Gasteiger partial charge in [0.25, 0.3) is 0 Å². The summed E-state index contributed by atoms with van der Waals surface area (Å²) in [7, 11) is 0. The van der Waals surface area contributed by atoms with Crippen LogP contribution in [0.5, 0.6) is 0 Å². The first-order valence-electron chi connectivity index (χ1n) is 16.8. The van der Waals surface area contributed by atoms with Gasteiger partial charge in [-0.2, -0.15) is 0 Å². The van der Waals surface area contributed by atoms with Gasteiger partial charge < -0.3 is 19.7 Å². The van der Waals surface area contributed by atoms with Crippen LogP contribution < -0.4 is 0 Å². The van der Waals surface area contributed by atoms with Crippen LogP contribution in [0.4, 0.5) is 0 Å². The van der Waals surface area contributed by atoms with Gasteiger partial charge in [-0.05, 0) is 50.9 Å². The molecule has 0 spiro atoms. The lowest BCUT2D eigenvalue weighted by atomic mass is 10.0. The van der Waals surface area contributed by atoms with E-state index in [1.54, 1.807) is 6.08 Å². The van der Waals surface area contributed by atoms with Gasteiger partial charge in [-0.3, -0.25) is 9.59 Å². The van der Waals surface area contributed by atoms with Crippen molar-refractivity contribution in [3.8, 4) is 0 Å². The first-order valence-corrected chi connectivity index (χ1v) is 16.8. The van der Waals surface area contributed by atoms with E-state index in [0.29, 0.717) is 19.3 Å².